The van der Waals surface area contributed by atoms with E-state index in [9.17, 15) is 0 Å². The fourth-order valence-electron chi connectivity index (χ4n) is 8.91. The van der Waals surface area contributed by atoms with Gasteiger partial charge in [0.15, 0.2) is 0 Å². The monoisotopic (exact) mass is 695 g/mol. The molecular weight excluding hydrogens is 655 g/mol. The van der Waals surface area contributed by atoms with Crippen molar-refractivity contribution in [2.24, 2.45) is 0 Å². The van der Waals surface area contributed by atoms with E-state index in [1.807, 2.05) is 6.07 Å². The molecule has 8 aromatic carbocycles. The molecule has 9 aromatic rings. The molecule has 0 amide bonds. The first kappa shape index (κ1) is 32.3. The average Bonchev–Trinajstić information content (AvgIpc) is 3.63. The molecule has 0 bridgehead atoms. The largest absolute Gasteiger partial charge is 0.456 e. The molecule has 54 heavy (non-hydrogen) atoms. The molecule has 1 saturated carbocycles. The highest BCUT2D eigenvalue weighted by atomic mass is 16.3. The Morgan fingerprint density at radius 3 is 1.70 bits per heavy atom. The SMILES string of the molecule is c1ccc(-c2cccc(-c3ccccc3)c2-c2ccc(N(c3ccc4c(c3)oc3ccccc34)c3ccc(C4CCCCC4)c4ccccc34)cc2)cc1. The molecule has 0 unspecified atom stereocenters. The van der Waals surface area contributed by atoms with E-state index < -0.39 is 0 Å². The number of para-hydroxylation sites is 1. The summed E-state index contributed by atoms with van der Waals surface area (Å²) in [7, 11) is 0. The summed E-state index contributed by atoms with van der Waals surface area (Å²) < 4.78 is 6.46. The molecule has 0 saturated heterocycles. The minimum atomic E-state index is 0.612. The van der Waals surface area contributed by atoms with Gasteiger partial charge in [0.05, 0.1) is 5.69 Å². The summed E-state index contributed by atoms with van der Waals surface area (Å²) in [6.45, 7) is 0. The van der Waals surface area contributed by atoms with Crippen molar-refractivity contribution < 1.29 is 4.42 Å². The molecule has 1 aromatic heterocycles. The highest BCUT2D eigenvalue weighted by Crippen LogP contribution is 2.46. The Labute approximate surface area is 316 Å². The number of furan rings is 1. The van der Waals surface area contributed by atoms with E-state index in [0.29, 0.717) is 5.92 Å². The summed E-state index contributed by atoms with van der Waals surface area (Å²) in [5.41, 5.74) is 13.9. The van der Waals surface area contributed by atoms with Crippen molar-refractivity contribution in [3.63, 3.8) is 0 Å². The molecule has 1 aliphatic carbocycles. The van der Waals surface area contributed by atoms with E-state index in [1.54, 1.807) is 0 Å². The van der Waals surface area contributed by atoms with Gasteiger partial charge in [0, 0.05) is 33.6 Å². The molecule has 0 N–H and O–H groups in total. The van der Waals surface area contributed by atoms with Gasteiger partial charge in [0.1, 0.15) is 11.2 Å². The van der Waals surface area contributed by atoms with E-state index in [-0.39, 0.29) is 0 Å². The lowest BCUT2D eigenvalue weighted by molar-refractivity contribution is 0.445. The first-order valence-corrected chi connectivity index (χ1v) is 19.4. The maximum Gasteiger partial charge on any atom is 0.137 e. The van der Waals surface area contributed by atoms with Crippen molar-refractivity contribution >= 4 is 49.8 Å². The Morgan fingerprint density at radius 2 is 1.00 bits per heavy atom. The zero-order valence-electron chi connectivity index (χ0n) is 30.3. The molecule has 1 aliphatic rings. The van der Waals surface area contributed by atoms with E-state index in [4.69, 9.17) is 4.42 Å². The number of rotatable bonds is 7. The van der Waals surface area contributed by atoms with Gasteiger partial charge >= 0.3 is 0 Å². The lowest BCUT2D eigenvalue weighted by Gasteiger charge is -2.29. The molecular formula is C52H41NO. The number of nitrogens with zero attached hydrogens (tertiary/aromatic N) is 1. The smallest absolute Gasteiger partial charge is 0.137 e. The zero-order chi connectivity index (χ0) is 35.8. The third kappa shape index (κ3) is 5.76. The van der Waals surface area contributed by atoms with Crippen LogP contribution in [0, 0.1) is 0 Å². The van der Waals surface area contributed by atoms with Gasteiger partial charge in [-0.25, -0.2) is 0 Å². The maximum absolute atomic E-state index is 6.46. The summed E-state index contributed by atoms with van der Waals surface area (Å²) in [6.07, 6.45) is 6.52. The highest BCUT2D eigenvalue weighted by Gasteiger charge is 2.23. The molecule has 1 fully saturated rings. The van der Waals surface area contributed by atoms with Crippen LogP contribution in [-0.4, -0.2) is 0 Å². The molecule has 2 nitrogen and oxygen atoms in total. The third-order valence-corrected chi connectivity index (χ3v) is 11.5. The van der Waals surface area contributed by atoms with E-state index in [0.717, 1.165) is 33.3 Å². The second-order valence-corrected chi connectivity index (χ2v) is 14.7. The molecule has 0 spiro atoms. The van der Waals surface area contributed by atoms with E-state index >= 15 is 0 Å². The standard InChI is InChI=1S/C52H41NO/c1-4-15-36(16-5-1)42-33-34-49(46-22-11-10-21-45(42)46)53(41-31-32-48-47-23-12-13-26-50(47)54-51(48)35-41)40-29-27-39(28-30-40)52-43(37-17-6-2-7-18-37)24-14-25-44(52)38-19-8-3-9-20-38/h2-3,6-14,17-36H,1,4-5,15-16H2. The van der Waals surface area contributed by atoms with Crippen molar-refractivity contribution in [3.8, 4) is 33.4 Å². The van der Waals surface area contributed by atoms with Crippen molar-refractivity contribution in [1.29, 1.82) is 0 Å². The van der Waals surface area contributed by atoms with Gasteiger partial charge in [0.25, 0.3) is 0 Å². The predicted octanol–water partition coefficient (Wildman–Crippen LogP) is 15.3. The van der Waals surface area contributed by atoms with Gasteiger partial charge in [-0.2, -0.15) is 0 Å². The molecule has 10 rings (SSSR count). The van der Waals surface area contributed by atoms with Crippen molar-refractivity contribution in [3.05, 3.63) is 188 Å². The third-order valence-electron chi connectivity index (χ3n) is 11.5. The quantitative estimate of drug-likeness (QED) is 0.165. The van der Waals surface area contributed by atoms with Crippen molar-refractivity contribution in [2.45, 2.75) is 38.0 Å². The van der Waals surface area contributed by atoms with Crippen LogP contribution in [0.15, 0.2) is 186 Å². The Kier molecular flexibility index (Phi) is 8.30. The number of hydrogen-bond acceptors (Lipinski definition) is 2. The van der Waals surface area contributed by atoms with Gasteiger partial charge in [-0.15, -0.1) is 0 Å². The summed E-state index contributed by atoms with van der Waals surface area (Å²) in [4.78, 5) is 2.42. The minimum absolute atomic E-state index is 0.612. The molecule has 2 heteroatoms. The Hall–Kier alpha value is -6.38. The van der Waals surface area contributed by atoms with Crippen LogP contribution in [0.25, 0.3) is 66.1 Å². The number of fused-ring (bicyclic) bond motifs is 4. The topological polar surface area (TPSA) is 16.4 Å². The first-order valence-electron chi connectivity index (χ1n) is 19.4. The minimum Gasteiger partial charge on any atom is -0.456 e. The number of hydrogen-bond donors (Lipinski definition) is 0. The second kappa shape index (κ2) is 13.9. The van der Waals surface area contributed by atoms with Gasteiger partial charge in [-0.05, 0) is 99.5 Å². The Morgan fingerprint density at radius 1 is 0.407 bits per heavy atom. The lowest BCUT2D eigenvalue weighted by atomic mass is 9.82. The second-order valence-electron chi connectivity index (χ2n) is 14.7. The van der Waals surface area contributed by atoms with Gasteiger partial charge in [-0.3, -0.25) is 0 Å². The van der Waals surface area contributed by atoms with E-state index in [2.05, 4.69) is 181 Å². The molecule has 260 valence electrons. The Bertz CT molecular complexity index is 2680. The normalized spacial score (nSPS) is 13.5. The van der Waals surface area contributed by atoms with E-state index in [1.165, 1.54) is 87.5 Å². The molecule has 0 atom stereocenters. The average molecular weight is 696 g/mol. The first-order chi connectivity index (χ1) is 26.8. The maximum atomic E-state index is 6.46. The van der Waals surface area contributed by atoms with Gasteiger partial charge in [-0.1, -0.05) is 159 Å². The summed E-state index contributed by atoms with van der Waals surface area (Å²) in [5, 5.41) is 4.91. The van der Waals surface area contributed by atoms with Crippen molar-refractivity contribution in [2.75, 3.05) is 4.90 Å². The van der Waals surface area contributed by atoms with Crippen LogP contribution in [0.4, 0.5) is 17.1 Å². The van der Waals surface area contributed by atoms with Crippen LogP contribution >= 0.6 is 0 Å². The fraction of sp³-hybridized carbons (Fsp3) is 0.115. The molecule has 1 heterocycles. The van der Waals surface area contributed by atoms with Crippen LogP contribution in [-0.2, 0) is 0 Å². The van der Waals surface area contributed by atoms with Gasteiger partial charge in [0.2, 0.25) is 0 Å². The van der Waals surface area contributed by atoms with Crippen LogP contribution in [0.5, 0.6) is 0 Å². The zero-order valence-corrected chi connectivity index (χ0v) is 30.3. The summed E-state index contributed by atoms with van der Waals surface area (Å²) >= 11 is 0. The Balaban J connectivity index is 1.16. The molecule has 0 aliphatic heterocycles. The van der Waals surface area contributed by atoms with Crippen LogP contribution in [0.2, 0.25) is 0 Å². The van der Waals surface area contributed by atoms with Crippen LogP contribution in [0.1, 0.15) is 43.6 Å². The summed E-state index contributed by atoms with van der Waals surface area (Å²) in [6, 6.07) is 66.2. The highest BCUT2D eigenvalue weighted by molar-refractivity contribution is 6.07. The number of anilines is 3. The molecule has 0 radical (unpaired) electrons. The lowest BCUT2D eigenvalue weighted by Crippen LogP contribution is -2.12. The van der Waals surface area contributed by atoms with Crippen LogP contribution in [0.3, 0.4) is 0 Å². The summed E-state index contributed by atoms with van der Waals surface area (Å²) in [5.74, 6) is 0.612. The fourth-order valence-corrected chi connectivity index (χ4v) is 8.91. The predicted molar refractivity (Wildman–Crippen MR) is 228 cm³/mol. The van der Waals surface area contributed by atoms with Crippen LogP contribution < -0.4 is 4.90 Å². The van der Waals surface area contributed by atoms with Gasteiger partial charge < -0.3 is 9.32 Å². The number of benzene rings is 8. The van der Waals surface area contributed by atoms with Crippen molar-refractivity contribution in [1.82, 2.24) is 0 Å².